The summed E-state index contributed by atoms with van der Waals surface area (Å²) in [6.45, 7) is 5.53. The second kappa shape index (κ2) is 6.39. The Labute approximate surface area is 132 Å². The predicted octanol–water partition coefficient (Wildman–Crippen LogP) is 2.53. The second-order valence-electron chi connectivity index (χ2n) is 7.26. The maximum Gasteiger partial charge on any atom is 0.324 e. The van der Waals surface area contributed by atoms with Crippen LogP contribution in [0.2, 0.25) is 0 Å². The Kier molecular flexibility index (Phi) is 4.93. The Morgan fingerprint density at radius 2 is 1.82 bits per heavy atom. The van der Waals surface area contributed by atoms with Crippen molar-refractivity contribution in [2.45, 2.75) is 69.6 Å². The first-order valence-electron chi connectivity index (χ1n) is 7.97. The van der Waals surface area contributed by atoms with E-state index in [1.165, 1.54) is 0 Å². The van der Waals surface area contributed by atoms with Gasteiger partial charge in [0.15, 0.2) is 0 Å². The second-order valence-corrected chi connectivity index (χ2v) is 7.26. The number of nitrogens with two attached hydrogens (primary N) is 1. The minimum atomic E-state index is -0.721. The summed E-state index contributed by atoms with van der Waals surface area (Å²) in [6, 6.07) is 9.19. The first-order valence-corrected chi connectivity index (χ1v) is 7.97. The fourth-order valence-electron chi connectivity index (χ4n) is 3.26. The summed E-state index contributed by atoms with van der Waals surface area (Å²) in [5.74, 6) is -0.368. The SMILES string of the molecule is CC(C)(C)OC(=O)C(N)[C@]1(c2ccccc2)CC[C@H](O)CC1. The van der Waals surface area contributed by atoms with E-state index < -0.39 is 17.1 Å². The number of carbonyl (C=O) groups is 1. The average molecular weight is 305 g/mol. The van der Waals surface area contributed by atoms with E-state index in [1.807, 2.05) is 51.1 Å². The van der Waals surface area contributed by atoms with E-state index in [0.717, 1.165) is 5.56 Å². The van der Waals surface area contributed by atoms with Gasteiger partial charge in [0.1, 0.15) is 11.6 Å². The molecule has 0 heterocycles. The number of hydrogen-bond acceptors (Lipinski definition) is 4. The first kappa shape index (κ1) is 17.0. The number of aliphatic hydroxyl groups is 1. The molecule has 1 aromatic rings. The van der Waals surface area contributed by atoms with Gasteiger partial charge in [-0.2, -0.15) is 0 Å². The van der Waals surface area contributed by atoms with Gasteiger partial charge in [-0.1, -0.05) is 30.3 Å². The summed E-state index contributed by atoms with van der Waals surface area (Å²) < 4.78 is 5.50. The van der Waals surface area contributed by atoms with Crippen LogP contribution in [-0.2, 0) is 14.9 Å². The highest BCUT2D eigenvalue weighted by Gasteiger charge is 2.46. The van der Waals surface area contributed by atoms with Gasteiger partial charge < -0.3 is 15.6 Å². The van der Waals surface area contributed by atoms with E-state index in [4.69, 9.17) is 10.5 Å². The summed E-state index contributed by atoms with van der Waals surface area (Å²) in [5.41, 5.74) is 6.40. The number of carbonyl (C=O) groups excluding carboxylic acids is 1. The lowest BCUT2D eigenvalue weighted by atomic mass is 9.64. The van der Waals surface area contributed by atoms with Crippen LogP contribution in [0.25, 0.3) is 0 Å². The molecule has 0 aromatic heterocycles. The molecule has 0 aliphatic heterocycles. The van der Waals surface area contributed by atoms with Gasteiger partial charge in [-0.05, 0) is 52.0 Å². The van der Waals surface area contributed by atoms with Gasteiger partial charge >= 0.3 is 5.97 Å². The molecule has 4 heteroatoms. The number of hydrogen-bond donors (Lipinski definition) is 2. The molecular weight excluding hydrogens is 278 g/mol. The van der Waals surface area contributed by atoms with E-state index in [2.05, 4.69) is 0 Å². The molecule has 4 nitrogen and oxygen atoms in total. The number of rotatable bonds is 3. The van der Waals surface area contributed by atoms with Gasteiger partial charge in [0.05, 0.1) is 6.10 Å². The van der Waals surface area contributed by atoms with Gasteiger partial charge in [-0.15, -0.1) is 0 Å². The molecule has 1 atom stereocenters. The smallest absolute Gasteiger partial charge is 0.324 e. The average Bonchev–Trinajstić information content (AvgIpc) is 2.47. The Morgan fingerprint density at radius 3 is 2.32 bits per heavy atom. The molecule has 1 fully saturated rings. The Bertz CT molecular complexity index is 499. The number of benzene rings is 1. The topological polar surface area (TPSA) is 72.5 Å². The maximum atomic E-state index is 12.5. The molecule has 22 heavy (non-hydrogen) atoms. The maximum absolute atomic E-state index is 12.5. The van der Waals surface area contributed by atoms with Gasteiger partial charge in [-0.25, -0.2) is 0 Å². The van der Waals surface area contributed by atoms with E-state index in [0.29, 0.717) is 25.7 Å². The van der Waals surface area contributed by atoms with E-state index in [-0.39, 0.29) is 12.1 Å². The summed E-state index contributed by atoms with van der Waals surface area (Å²) in [7, 11) is 0. The number of esters is 1. The summed E-state index contributed by atoms with van der Waals surface area (Å²) in [6.07, 6.45) is 2.40. The quantitative estimate of drug-likeness (QED) is 0.842. The van der Waals surface area contributed by atoms with Crippen molar-refractivity contribution >= 4 is 5.97 Å². The summed E-state index contributed by atoms with van der Waals surface area (Å²) >= 11 is 0. The van der Waals surface area contributed by atoms with Crippen LogP contribution in [0.1, 0.15) is 52.0 Å². The van der Waals surface area contributed by atoms with Crippen LogP contribution < -0.4 is 5.73 Å². The van der Waals surface area contributed by atoms with Crippen molar-refractivity contribution in [3.05, 3.63) is 35.9 Å². The molecule has 1 aliphatic carbocycles. The molecule has 1 unspecified atom stereocenters. The molecule has 0 radical (unpaired) electrons. The van der Waals surface area contributed by atoms with Crippen LogP contribution in [0, 0.1) is 0 Å². The van der Waals surface area contributed by atoms with Gasteiger partial charge in [0.25, 0.3) is 0 Å². The molecule has 1 saturated carbocycles. The standard InChI is InChI=1S/C18H27NO3/c1-17(2,3)22-16(21)15(19)18(11-9-14(20)10-12-18)13-7-5-4-6-8-13/h4-8,14-15,20H,9-12,19H2,1-3H3/t14-,15?,18+. The van der Waals surface area contributed by atoms with Gasteiger partial charge in [0.2, 0.25) is 0 Å². The molecule has 0 bridgehead atoms. The predicted molar refractivity (Wildman–Crippen MR) is 86.4 cm³/mol. The molecular formula is C18H27NO3. The minimum Gasteiger partial charge on any atom is -0.459 e. The highest BCUT2D eigenvalue weighted by atomic mass is 16.6. The van der Waals surface area contributed by atoms with E-state index in [1.54, 1.807) is 0 Å². The van der Waals surface area contributed by atoms with E-state index >= 15 is 0 Å². The zero-order chi connectivity index (χ0) is 16.4. The van der Waals surface area contributed by atoms with Crippen molar-refractivity contribution < 1.29 is 14.6 Å². The lowest BCUT2D eigenvalue weighted by Crippen LogP contribution is -2.54. The normalized spacial score (nSPS) is 27.2. The summed E-state index contributed by atoms with van der Waals surface area (Å²) in [5, 5.41) is 9.84. The molecule has 0 spiro atoms. The Morgan fingerprint density at radius 1 is 1.27 bits per heavy atom. The van der Waals surface area contributed by atoms with Crippen molar-refractivity contribution in [2.24, 2.45) is 5.73 Å². The Hall–Kier alpha value is -1.39. The van der Waals surface area contributed by atoms with Crippen molar-refractivity contribution in [2.75, 3.05) is 0 Å². The van der Waals surface area contributed by atoms with Crippen LogP contribution in [-0.4, -0.2) is 28.8 Å². The van der Waals surface area contributed by atoms with Gasteiger partial charge in [0, 0.05) is 5.41 Å². The number of ether oxygens (including phenoxy) is 1. The van der Waals surface area contributed by atoms with Gasteiger partial charge in [-0.3, -0.25) is 4.79 Å². The third kappa shape index (κ3) is 3.68. The summed E-state index contributed by atoms with van der Waals surface area (Å²) in [4.78, 5) is 12.5. The van der Waals surface area contributed by atoms with Crippen molar-refractivity contribution in [1.29, 1.82) is 0 Å². The van der Waals surface area contributed by atoms with Crippen molar-refractivity contribution in [3.63, 3.8) is 0 Å². The largest absolute Gasteiger partial charge is 0.459 e. The molecule has 2 rings (SSSR count). The third-order valence-electron chi connectivity index (χ3n) is 4.45. The van der Waals surface area contributed by atoms with Crippen LogP contribution in [0.5, 0.6) is 0 Å². The van der Waals surface area contributed by atoms with E-state index in [9.17, 15) is 9.90 Å². The van der Waals surface area contributed by atoms with Crippen molar-refractivity contribution in [1.82, 2.24) is 0 Å². The molecule has 122 valence electrons. The highest BCUT2D eigenvalue weighted by molar-refractivity contribution is 5.78. The van der Waals surface area contributed by atoms with Crippen LogP contribution in [0.3, 0.4) is 0 Å². The Balaban J connectivity index is 2.31. The first-order chi connectivity index (χ1) is 10.2. The van der Waals surface area contributed by atoms with Crippen LogP contribution in [0.15, 0.2) is 30.3 Å². The highest BCUT2D eigenvalue weighted by Crippen LogP contribution is 2.42. The molecule has 1 aromatic carbocycles. The minimum absolute atomic E-state index is 0.303. The fourth-order valence-corrected chi connectivity index (χ4v) is 3.26. The van der Waals surface area contributed by atoms with Crippen molar-refractivity contribution in [3.8, 4) is 0 Å². The zero-order valence-corrected chi connectivity index (χ0v) is 13.7. The zero-order valence-electron chi connectivity index (χ0n) is 13.7. The van der Waals surface area contributed by atoms with Crippen LogP contribution >= 0.6 is 0 Å². The lowest BCUT2D eigenvalue weighted by Gasteiger charge is -2.43. The lowest BCUT2D eigenvalue weighted by molar-refractivity contribution is -0.159. The molecule has 0 saturated heterocycles. The molecule has 0 amide bonds. The van der Waals surface area contributed by atoms with Crippen LogP contribution in [0.4, 0.5) is 0 Å². The third-order valence-corrected chi connectivity index (χ3v) is 4.45. The molecule has 1 aliphatic rings. The number of aliphatic hydroxyl groups excluding tert-OH is 1. The fraction of sp³-hybridized carbons (Fsp3) is 0.611. The monoisotopic (exact) mass is 305 g/mol. The molecule has 3 N–H and O–H groups in total.